The fourth-order valence-corrected chi connectivity index (χ4v) is 2.47. The summed E-state index contributed by atoms with van der Waals surface area (Å²) in [5, 5.41) is 8.78. The van der Waals surface area contributed by atoms with Gasteiger partial charge in [-0.1, -0.05) is 13.3 Å². The van der Waals surface area contributed by atoms with Gasteiger partial charge in [0, 0.05) is 19.3 Å². The maximum atomic E-state index is 12.2. The number of hydrogen-bond acceptors (Lipinski definition) is 3. The van der Waals surface area contributed by atoms with Crippen LogP contribution in [0.3, 0.4) is 0 Å². The fourth-order valence-electron chi connectivity index (χ4n) is 2.47. The van der Waals surface area contributed by atoms with Gasteiger partial charge in [-0.25, -0.2) is 4.79 Å². The predicted octanol–water partition coefficient (Wildman–Crippen LogP) is 2.04. The van der Waals surface area contributed by atoms with Gasteiger partial charge in [0.15, 0.2) is 0 Å². The zero-order valence-electron chi connectivity index (χ0n) is 11.0. The Bertz CT molecular complexity index is 470. The second kappa shape index (κ2) is 5.82. The summed E-state index contributed by atoms with van der Waals surface area (Å²) in [5.41, 5.74) is 0.420. The molecular weight excluding hydrogens is 244 g/mol. The Balaban J connectivity index is 2.02. The normalized spacial score (nSPS) is 18.6. The van der Waals surface area contributed by atoms with Gasteiger partial charge in [0.1, 0.15) is 5.69 Å². The van der Waals surface area contributed by atoms with E-state index in [0.717, 1.165) is 32.4 Å². The molecule has 0 radical (unpaired) electrons. The van der Waals surface area contributed by atoms with Crippen molar-refractivity contribution in [2.75, 3.05) is 13.1 Å². The number of nitrogens with zero attached hydrogens (tertiary/aromatic N) is 2. The van der Waals surface area contributed by atoms with Crippen LogP contribution in [0, 0.1) is 5.92 Å². The molecule has 0 aromatic carbocycles. The van der Waals surface area contributed by atoms with Crippen molar-refractivity contribution in [2.24, 2.45) is 5.92 Å². The van der Waals surface area contributed by atoms with Gasteiger partial charge < -0.3 is 10.0 Å². The smallest absolute Gasteiger partial charge is 0.337 e. The number of amides is 1. The van der Waals surface area contributed by atoms with Gasteiger partial charge in [-0.05, 0) is 30.9 Å². The molecule has 0 saturated carbocycles. The summed E-state index contributed by atoms with van der Waals surface area (Å²) in [6, 6.07) is 2.90. The molecule has 1 aliphatic rings. The number of carboxylic acids is 1. The molecule has 1 aromatic rings. The van der Waals surface area contributed by atoms with Gasteiger partial charge in [-0.15, -0.1) is 0 Å². The number of carboxylic acid groups (broad SMARTS) is 1. The van der Waals surface area contributed by atoms with Crippen LogP contribution in [0.5, 0.6) is 0 Å². The number of carbonyl (C=O) groups is 2. The highest BCUT2D eigenvalue weighted by atomic mass is 16.4. The molecule has 1 aliphatic heterocycles. The second-order valence-electron chi connectivity index (χ2n) is 4.93. The van der Waals surface area contributed by atoms with Crippen molar-refractivity contribution in [3.05, 3.63) is 29.6 Å². The van der Waals surface area contributed by atoms with E-state index in [0.29, 0.717) is 11.6 Å². The third-order valence-corrected chi connectivity index (χ3v) is 3.50. The molecule has 1 aromatic heterocycles. The van der Waals surface area contributed by atoms with Crippen LogP contribution in [0.1, 0.15) is 47.0 Å². The lowest BCUT2D eigenvalue weighted by Crippen LogP contribution is -2.29. The summed E-state index contributed by atoms with van der Waals surface area (Å²) < 4.78 is 0. The Labute approximate surface area is 112 Å². The maximum absolute atomic E-state index is 12.2. The molecule has 2 rings (SSSR count). The molecule has 19 heavy (non-hydrogen) atoms. The standard InChI is InChI=1S/C14H18N2O3/c1-2-3-10-6-7-16(9-10)13(17)12-5-4-11(8-15-12)14(18)19/h4-5,8,10H,2-3,6-7,9H2,1H3,(H,18,19). The Morgan fingerprint density at radius 3 is 2.84 bits per heavy atom. The average molecular weight is 262 g/mol. The lowest BCUT2D eigenvalue weighted by Gasteiger charge is -2.15. The molecule has 1 saturated heterocycles. The lowest BCUT2D eigenvalue weighted by atomic mass is 10.0. The first-order valence-electron chi connectivity index (χ1n) is 6.60. The summed E-state index contributed by atoms with van der Waals surface area (Å²) in [7, 11) is 0. The monoisotopic (exact) mass is 262 g/mol. The molecule has 1 atom stereocenters. The van der Waals surface area contributed by atoms with Crippen molar-refractivity contribution >= 4 is 11.9 Å². The molecule has 5 nitrogen and oxygen atoms in total. The van der Waals surface area contributed by atoms with Crippen molar-refractivity contribution in [2.45, 2.75) is 26.2 Å². The lowest BCUT2D eigenvalue weighted by molar-refractivity contribution is 0.0694. The van der Waals surface area contributed by atoms with Crippen LogP contribution in [-0.4, -0.2) is 40.0 Å². The Hall–Kier alpha value is -1.91. The molecule has 1 N–H and O–H groups in total. The van der Waals surface area contributed by atoms with Crippen LogP contribution in [0.15, 0.2) is 18.3 Å². The van der Waals surface area contributed by atoms with Gasteiger partial charge in [0.25, 0.3) is 5.91 Å². The van der Waals surface area contributed by atoms with Crippen LogP contribution in [0.2, 0.25) is 0 Å². The molecule has 1 amide bonds. The van der Waals surface area contributed by atoms with Gasteiger partial charge in [-0.2, -0.15) is 0 Å². The molecule has 0 spiro atoms. The summed E-state index contributed by atoms with van der Waals surface area (Å²) in [6.07, 6.45) is 4.56. The molecule has 0 aliphatic carbocycles. The molecule has 0 bridgehead atoms. The van der Waals surface area contributed by atoms with Gasteiger partial charge >= 0.3 is 5.97 Å². The predicted molar refractivity (Wildman–Crippen MR) is 70.1 cm³/mol. The number of hydrogen-bond donors (Lipinski definition) is 1. The minimum absolute atomic E-state index is 0.0989. The number of aromatic carboxylic acids is 1. The highest BCUT2D eigenvalue weighted by Crippen LogP contribution is 2.22. The molecule has 2 heterocycles. The highest BCUT2D eigenvalue weighted by Gasteiger charge is 2.26. The van der Waals surface area contributed by atoms with Crippen molar-refractivity contribution in [1.29, 1.82) is 0 Å². The topological polar surface area (TPSA) is 70.5 Å². The molecule has 102 valence electrons. The molecule has 1 fully saturated rings. The van der Waals surface area contributed by atoms with Crippen molar-refractivity contribution in [1.82, 2.24) is 9.88 Å². The van der Waals surface area contributed by atoms with E-state index in [1.54, 1.807) is 0 Å². The maximum Gasteiger partial charge on any atom is 0.337 e. The van der Waals surface area contributed by atoms with E-state index < -0.39 is 5.97 Å². The first kappa shape index (κ1) is 13.5. The van der Waals surface area contributed by atoms with Gasteiger partial charge in [0.2, 0.25) is 0 Å². The first-order valence-corrected chi connectivity index (χ1v) is 6.60. The second-order valence-corrected chi connectivity index (χ2v) is 4.93. The van der Waals surface area contributed by atoms with Crippen LogP contribution in [-0.2, 0) is 0 Å². The Morgan fingerprint density at radius 1 is 1.47 bits per heavy atom. The van der Waals surface area contributed by atoms with Gasteiger partial charge in [-0.3, -0.25) is 9.78 Å². The number of likely N-dealkylation sites (tertiary alicyclic amines) is 1. The van der Waals surface area contributed by atoms with Crippen LogP contribution in [0.25, 0.3) is 0 Å². The van der Waals surface area contributed by atoms with E-state index in [1.165, 1.54) is 18.3 Å². The van der Waals surface area contributed by atoms with E-state index in [1.807, 2.05) is 4.90 Å². The first-order chi connectivity index (χ1) is 9.11. The minimum Gasteiger partial charge on any atom is -0.478 e. The molecule has 1 unspecified atom stereocenters. The largest absolute Gasteiger partial charge is 0.478 e. The average Bonchev–Trinajstić information content (AvgIpc) is 2.87. The summed E-state index contributed by atoms with van der Waals surface area (Å²) >= 11 is 0. The quantitative estimate of drug-likeness (QED) is 0.901. The van der Waals surface area contributed by atoms with E-state index in [9.17, 15) is 9.59 Å². The van der Waals surface area contributed by atoms with E-state index in [2.05, 4.69) is 11.9 Å². The van der Waals surface area contributed by atoms with Gasteiger partial charge in [0.05, 0.1) is 5.56 Å². The third-order valence-electron chi connectivity index (χ3n) is 3.50. The number of rotatable bonds is 4. The van der Waals surface area contributed by atoms with Crippen molar-refractivity contribution < 1.29 is 14.7 Å². The van der Waals surface area contributed by atoms with Crippen LogP contribution >= 0.6 is 0 Å². The number of aromatic nitrogens is 1. The van der Waals surface area contributed by atoms with Crippen LogP contribution in [0.4, 0.5) is 0 Å². The summed E-state index contributed by atoms with van der Waals surface area (Å²) in [5.74, 6) is -0.543. The third kappa shape index (κ3) is 3.10. The summed E-state index contributed by atoms with van der Waals surface area (Å²) in [4.78, 5) is 28.7. The van der Waals surface area contributed by atoms with Crippen LogP contribution < -0.4 is 0 Å². The minimum atomic E-state index is -1.03. The highest BCUT2D eigenvalue weighted by molar-refractivity contribution is 5.93. The van der Waals surface area contributed by atoms with Crippen molar-refractivity contribution in [3.8, 4) is 0 Å². The van der Waals surface area contributed by atoms with E-state index >= 15 is 0 Å². The fraction of sp³-hybridized carbons (Fsp3) is 0.500. The molecular formula is C14H18N2O3. The van der Waals surface area contributed by atoms with E-state index in [4.69, 9.17) is 5.11 Å². The Morgan fingerprint density at radius 2 is 2.26 bits per heavy atom. The summed E-state index contributed by atoms with van der Waals surface area (Å²) in [6.45, 7) is 3.71. The SMILES string of the molecule is CCCC1CCN(C(=O)c2ccc(C(=O)O)cn2)C1. The zero-order chi connectivity index (χ0) is 13.8. The van der Waals surface area contributed by atoms with Crippen molar-refractivity contribution in [3.63, 3.8) is 0 Å². The number of pyridine rings is 1. The Kier molecular flexibility index (Phi) is 4.14. The number of carbonyl (C=O) groups excluding carboxylic acids is 1. The van der Waals surface area contributed by atoms with E-state index in [-0.39, 0.29) is 11.5 Å². The zero-order valence-corrected chi connectivity index (χ0v) is 11.0. The molecule has 5 heteroatoms.